The predicted molar refractivity (Wildman–Crippen MR) is 72.5 cm³/mol. The van der Waals surface area contributed by atoms with Crippen molar-refractivity contribution in [3.8, 4) is 0 Å². The van der Waals surface area contributed by atoms with Crippen LogP contribution in [0.25, 0.3) is 0 Å². The van der Waals surface area contributed by atoms with Crippen LogP contribution >= 0.6 is 11.8 Å². The van der Waals surface area contributed by atoms with Gasteiger partial charge < -0.3 is 15.4 Å². The van der Waals surface area contributed by atoms with Gasteiger partial charge in [-0.05, 0) is 50.8 Å². The number of amides is 1. The highest BCUT2D eigenvalue weighted by Crippen LogP contribution is 2.06. The Balaban J connectivity index is 1.93. The van der Waals surface area contributed by atoms with Gasteiger partial charge in [0.2, 0.25) is 5.91 Å². The van der Waals surface area contributed by atoms with Crippen LogP contribution in [0.5, 0.6) is 0 Å². The Morgan fingerprint density at radius 3 is 2.88 bits per heavy atom. The molecule has 2 N–H and O–H groups in total. The lowest BCUT2D eigenvalue weighted by Crippen LogP contribution is -2.36. The molecule has 0 aliphatic carbocycles. The highest BCUT2D eigenvalue weighted by Gasteiger charge is 2.14. The number of hydrogen-bond donors (Lipinski definition) is 2. The Morgan fingerprint density at radius 1 is 1.41 bits per heavy atom. The van der Waals surface area contributed by atoms with Crippen LogP contribution in [0.2, 0.25) is 0 Å². The summed E-state index contributed by atoms with van der Waals surface area (Å²) in [4.78, 5) is 11.5. The number of nitrogens with one attached hydrogen (secondary N) is 2. The van der Waals surface area contributed by atoms with Gasteiger partial charge in [0.1, 0.15) is 6.61 Å². The van der Waals surface area contributed by atoms with Crippen LogP contribution < -0.4 is 10.6 Å². The van der Waals surface area contributed by atoms with Crippen molar-refractivity contribution in [2.75, 3.05) is 38.2 Å². The van der Waals surface area contributed by atoms with Gasteiger partial charge in [0.25, 0.3) is 0 Å². The van der Waals surface area contributed by atoms with Crippen LogP contribution in [0, 0.1) is 0 Å². The molecule has 0 spiro atoms. The van der Waals surface area contributed by atoms with Crippen molar-refractivity contribution in [1.82, 2.24) is 10.6 Å². The molecule has 1 amide bonds. The largest absolute Gasteiger partial charge is 0.368 e. The quantitative estimate of drug-likeness (QED) is 0.640. The molecule has 100 valence electrons. The molecule has 0 aromatic carbocycles. The van der Waals surface area contributed by atoms with E-state index in [2.05, 4.69) is 16.9 Å². The number of thioether (sulfide) groups is 1. The summed E-state index contributed by atoms with van der Waals surface area (Å²) in [6.45, 7) is 2.99. The second-order valence-electron chi connectivity index (χ2n) is 4.31. The summed E-state index contributed by atoms with van der Waals surface area (Å²) in [6.07, 6.45) is 6.61. The van der Waals surface area contributed by atoms with E-state index in [1.165, 1.54) is 5.75 Å². The SMILES string of the molecule is CSCCCCNC(=O)COC1CCNCC1. The summed E-state index contributed by atoms with van der Waals surface area (Å²) < 4.78 is 5.57. The maximum absolute atomic E-state index is 11.5. The number of piperidine rings is 1. The molecule has 1 aliphatic rings. The Kier molecular flexibility index (Phi) is 8.48. The highest BCUT2D eigenvalue weighted by atomic mass is 32.2. The zero-order chi connectivity index (χ0) is 12.3. The first kappa shape index (κ1) is 14.8. The minimum Gasteiger partial charge on any atom is -0.368 e. The zero-order valence-corrected chi connectivity index (χ0v) is 11.5. The topological polar surface area (TPSA) is 50.4 Å². The second-order valence-corrected chi connectivity index (χ2v) is 5.30. The maximum Gasteiger partial charge on any atom is 0.246 e. The van der Waals surface area contributed by atoms with Crippen molar-refractivity contribution < 1.29 is 9.53 Å². The van der Waals surface area contributed by atoms with Gasteiger partial charge in [-0.25, -0.2) is 0 Å². The summed E-state index contributed by atoms with van der Waals surface area (Å²) in [6, 6.07) is 0. The fourth-order valence-electron chi connectivity index (χ4n) is 1.81. The van der Waals surface area contributed by atoms with Crippen molar-refractivity contribution in [3.63, 3.8) is 0 Å². The van der Waals surface area contributed by atoms with Crippen molar-refractivity contribution in [3.05, 3.63) is 0 Å². The first-order valence-corrected chi connectivity index (χ1v) is 7.80. The van der Waals surface area contributed by atoms with Gasteiger partial charge in [0.15, 0.2) is 0 Å². The number of ether oxygens (including phenoxy) is 1. The van der Waals surface area contributed by atoms with Gasteiger partial charge in [-0.3, -0.25) is 4.79 Å². The number of unbranched alkanes of at least 4 members (excludes halogenated alkanes) is 1. The second kappa shape index (κ2) is 9.74. The van der Waals surface area contributed by atoms with E-state index in [1.54, 1.807) is 0 Å². The molecule has 17 heavy (non-hydrogen) atoms. The molecule has 0 saturated carbocycles. The van der Waals surface area contributed by atoms with Crippen molar-refractivity contribution in [2.24, 2.45) is 0 Å². The third-order valence-corrected chi connectivity index (χ3v) is 3.53. The first-order chi connectivity index (χ1) is 8.33. The summed E-state index contributed by atoms with van der Waals surface area (Å²) >= 11 is 1.85. The predicted octanol–water partition coefficient (Wildman–Crippen LogP) is 1.01. The minimum atomic E-state index is 0.0210. The van der Waals surface area contributed by atoms with Crippen LogP contribution in [-0.4, -0.2) is 50.3 Å². The van der Waals surface area contributed by atoms with Gasteiger partial charge in [0.05, 0.1) is 6.10 Å². The molecular formula is C12H24N2O2S. The van der Waals surface area contributed by atoms with Gasteiger partial charge in [-0.15, -0.1) is 0 Å². The molecule has 1 heterocycles. The van der Waals surface area contributed by atoms with Crippen LogP contribution in [0.1, 0.15) is 25.7 Å². The molecule has 1 saturated heterocycles. The van der Waals surface area contributed by atoms with E-state index >= 15 is 0 Å². The van der Waals surface area contributed by atoms with E-state index in [9.17, 15) is 4.79 Å². The zero-order valence-electron chi connectivity index (χ0n) is 10.7. The van der Waals surface area contributed by atoms with Crippen LogP contribution in [0.3, 0.4) is 0 Å². The maximum atomic E-state index is 11.5. The third-order valence-electron chi connectivity index (χ3n) is 2.83. The standard InChI is InChI=1S/C12H24N2O2S/c1-17-9-3-2-6-14-12(15)10-16-11-4-7-13-8-5-11/h11,13H,2-10H2,1H3,(H,14,15). The lowest BCUT2D eigenvalue weighted by molar-refractivity contribution is -0.128. The number of carbonyl (C=O) groups is 1. The van der Waals surface area contributed by atoms with E-state index in [4.69, 9.17) is 4.74 Å². The van der Waals surface area contributed by atoms with Crippen LogP contribution in [-0.2, 0) is 9.53 Å². The van der Waals surface area contributed by atoms with Crippen molar-refractivity contribution >= 4 is 17.7 Å². The summed E-state index contributed by atoms with van der Waals surface area (Å²) in [7, 11) is 0. The lowest BCUT2D eigenvalue weighted by atomic mass is 10.1. The molecule has 1 fully saturated rings. The normalized spacial score (nSPS) is 17.0. The molecule has 0 bridgehead atoms. The van der Waals surface area contributed by atoms with E-state index in [-0.39, 0.29) is 18.6 Å². The number of rotatable bonds is 8. The molecule has 0 aromatic rings. The molecule has 1 aliphatic heterocycles. The van der Waals surface area contributed by atoms with Crippen molar-refractivity contribution in [2.45, 2.75) is 31.8 Å². The van der Waals surface area contributed by atoms with Gasteiger partial charge >= 0.3 is 0 Å². The third kappa shape index (κ3) is 7.63. The van der Waals surface area contributed by atoms with E-state index in [0.717, 1.165) is 45.3 Å². The first-order valence-electron chi connectivity index (χ1n) is 6.41. The monoisotopic (exact) mass is 260 g/mol. The summed E-state index contributed by atoms with van der Waals surface area (Å²) in [5.41, 5.74) is 0. The van der Waals surface area contributed by atoms with Gasteiger partial charge in [-0.2, -0.15) is 11.8 Å². The average molecular weight is 260 g/mol. The Labute approximate surface area is 108 Å². The molecule has 4 nitrogen and oxygen atoms in total. The van der Waals surface area contributed by atoms with Gasteiger partial charge in [0, 0.05) is 6.54 Å². The summed E-state index contributed by atoms with van der Waals surface area (Å²) in [5.74, 6) is 1.19. The summed E-state index contributed by atoms with van der Waals surface area (Å²) in [5, 5.41) is 6.17. The van der Waals surface area contributed by atoms with Crippen LogP contribution in [0.4, 0.5) is 0 Å². The highest BCUT2D eigenvalue weighted by molar-refractivity contribution is 7.98. The minimum absolute atomic E-state index is 0.0210. The fraction of sp³-hybridized carbons (Fsp3) is 0.917. The molecule has 0 aromatic heterocycles. The Hall–Kier alpha value is -0.260. The Morgan fingerprint density at radius 2 is 2.18 bits per heavy atom. The Bertz CT molecular complexity index is 209. The average Bonchev–Trinajstić information content (AvgIpc) is 2.37. The van der Waals surface area contributed by atoms with E-state index in [1.807, 2.05) is 11.8 Å². The van der Waals surface area contributed by atoms with Crippen molar-refractivity contribution in [1.29, 1.82) is 0 Å². The van der Waals surface area contributed by atoms with E-state index < -0.39 is 0 Å². The molecule has 1 rings (SSSR count). The van der Waals surface area contributed by atoms with E-state index in [0.29, 0.717) is 0 Å². The van der Waals surface area contributed by atoms with Gasteiger partial charge in [-0.1, -0.05) is 0 Å². The lowest BCUT2D eigenvalue weighted by Gasteiger charge is -2.22. The molecular weight excluding hydrogens is 236 g/mol. The number of carbonyl (C=O) groups excluding carboxylic acids is 1. The molecule has 5 heteroatoms. The molecule has 0 atom stereocenters. The number of hydrogen-bond acceptors (Lipinski definition) is 4. The molecule has 0 radical (unpaired) electrons. The molecule has 0 unspecified atom stereocenters. The smallest absolute Gasteiger partial charge is 0.246 e. The fourth-order valence-corrected chi connectivity index (χ4v) is 2.30. The van der Waals surface area contributed by atoms with Crippen LogP contribution in [0.15, 0.2) is 0 Å².